The van der Waals surface area contributed by atoms with Crippen LogP contribution in [-0.4, -0.2) is 39.3 Å². The van der Waals surface area contributed by atoms with Crippen molar-refractivity contribution in [3.8, 4) is 11.4 Å². The average Bonchev–Trinajstić information content (AvgIpc) is 3.45. The van der Waals surface area contributed by atoms with Crippen LogP contribution in [-0.2, 0) is 17.6 Å². The Labute approximate surface area is 210 Å². The molecular formula is C28H42N4O3. The summed E-state index contributed by atoms with van der Waals surface area (Å²) in [7, 11) is 0. The van der Waals surface area contributed by atoms with Gasteiger partial charge in [-0.05, 0) is 52.0 Å². The standard InChI is InChI=1S/C28H42N4O3/c1-6-7-8-9-10-11-13-22-15-17-23(18-16-22)26-30-25(35-31-26)20-24-14-12-19-32(24)21(2)29-27(33)34-28(3,4)5/h15-18,24H,2,6-14,19-20H2,1,3-5H3,(H,29,33)/t24-/m0/s1. The molecule has 0 unspecified atom stereocenters. The highest BCUT2D eigenvalue weighted by Gasteiger charge is 2.29. The number of unbranched alkanes of at least 4 members (excludes halogenated alkanes) is 5. The molecule has 2 aromatic rings. The van der Waals surface area contributed by atoms with Crippen LogP contribution in [0.5, 0.6) is 0 Å². The Balaban J connectivity index is 1.50. The number of hydrogen-bond donors (Lipinski definition) is 1. The molecule has 1 aromatic heterocycles. The van der Waals surface area contributed by atoms with E-state index in [-0.39, 0.29) is 6.04 Å². The fourth-order valence-electron chi connectivity index (χ4n) is 4.48. The quantitative estimate of drug-likeness (QED) is 0.341. The summed E-state index contributed by atoms with van der Waals surface area (Å²) in [6, 6.07) is 8.64. The third kappa shape index (κ3) is 8.71. The molecule has 35 heavy (non-hydrogen) atoms. The monoisotopic (exact) mass is 482 g/mol. The first-order valence-corrected chi connectivity index (χ1v) is 13.1. The largest absolute Gasteiger partial charge is 0.444 e. The molecule has 2 heterocycles. The van der Waals surface area contributed by atoms with E-state index in [1.54, 1.807) is 0 Å². The van der Waals surface area contributed by atoms with E-state index in [0.29, 0.717) is 24.0 Å². The summed E-state index contributed by atoms with van der Waals surface area (Å²) in [5.41, 5.74) is 1.76. The predicted octanol–water partition coefficient (Wildman–Crippen LogP) is 6.64. The molecule has 0 spiro atoms. The van der Waals surface area contributed by atoms with Gasteiger partial charge in [0.05, 0.1) is 0 Å². The number of alkyl carbamates (subject to hydrolysis) is 1. The molecule has 1 atom stereocenters. The number of benzene rings is 1. The lowest BCUT2D eigenvalue weighted by Gasteiger charge is -2.28. The molecule has 0 aliphatic carbocycles. The summed E-state index contributed by atoms with van der Waals surface area (Å²) in [6.07, 6.45) is 11.1. The maximum atomic E-state index is 12.1. The zero-order chi connectivity index (χ0) is 25.3. The van der Waals surface area contributed by atoms with Gasteiger partial charge >= 0.3 is 6.09 Å². The van der Waals surface area contributed by atoms with E-state index < -0.39 is 11.7 Å². The molecule has 1 aliphatic heterocycles. The summed E-state index contributed by atoms with van der Waals surface area (Å²) in [5, 5.41) is 6.97. The molecule has 7 nitrogen and oxygen atoms in total. The number of rotatable bonds is 12. The van der Waals surface area contributed by atoms with Crippen LogP contribution in [0.2, 0.25) is 0 Å². The van der Waals surface area contributed by atoms with Gasteiger partial charge in [-0.15, -0.1) is 0 Å². The molecular weight excluding hydrogens is 440 g/mol. The molecule has 0 radical (unpaired) electrons. The molecule has 3 rings (SSSR count). The molecule has 1 N–H and O–H groups in total. The van der Waals surface area contributed by atoms with Gasteiger partial charge in [-0.25, -0.2) is 4.79 Å². The fourth-order valence-corrected chi connectivity index (χ4v) is 4.48. The lowest BCUT2D eigenvalue weighted by molar-refractivity contribution is 0.0525. The number of carbonyl (C=O) groups excluding carboxylic acids is 1. The second-order valence-electron chi connectivity index (χ2n) is 10.5. The minimum atomic E-state index is -0.554. The Kier molecular flexibility index (Phi) is 9.75. The first-order valence-electron chi connectivity index (χ1n) is 13.1. The first-order chi connectivity index (χ1) is 16.7. The van der Waals surface area contributed by atoms with Crippen LogP contribution in [0.4, 0.5) is 4.79 Å². The Hall–Kier alpha value is -2.83. The third-order valence-electron chi connectivity index (χ3n) is 6.28. The van der Waals surface area contributed by atoms with Crippen LogP contribution >= 0.6 is 0 Å². The zero-order valence-corrected chi connectivity index (χ0v) is 21.9. The highest BCUT2D eigenvalue weighted by Crippen LogP contribution is 2.25. The molecule has 1 fully saturated rings. The van der Waals surface area contributed by atoms with Crippen molar-refractivity contribution < 1.29 is 14.1 Å². The average molecular weight is 483 g/mol. The number of hydrogen-bond acceptors (Lipinski definition) is 6. The van der Waals surface area contributed by atoms with Crippen molar-refractivity contribution >= 4 is 6.09 Å². The smallest absolute Gasteiger partial charge is 0.413 e. The number of amides is 1. The number of ether oxygens (including phenoxy) is 1. The highest BCUT2D eigenvalue weighted by atomic mass is 16.6. The summed E-state index contributed by atoms with van der Waals surface area (Å²) in [6.45, 7) is 12.6. The van der Waals surface area contributed by atoms with Gasteiger partial charge in [-0.3, -0.25) is 5.32 Å². The molecule has 1 aromatic carbocycles. The SMILES string of the molecule is C=C(NC(=O)OC(C)(C)C)N1CCC[C@H]1Cc1nc(-c2ccc(CCCCCCCC)cc2)no1. The molecule has 1 saturated heterocycles. The minimum Gasteiger partial charge on any atom is -0.444 e. The van der Waals surface area contributed by atoms with Gasteiger partial charge in [-0.2, -0.15) is 4.98 Å². The van der Waals surface area contributed by atoms with Crippen LogP contribution in [0.15, 0.2) is 41.2 Å². The number of likely N-dealkylation sites (tertiary alicyclic amines) is 1. The summed E-state index contributed by atoms with van der Waals surface area (Å²) < 4.78 is 10.9. The van der Waals surface area contributed by atoms with Crippen molar-refractivity contribution in [2.75, 3.05) is 6.54 Å². The number of carbonyl (C=O) groups is 1. The first kappa shape index (κ1) is 26.8. The maximum absolute atomic E-state index is 12.1. The zero-order valence-electron chi connectivity index (χ0n) is 21.9. The molecule has 0 saturated carbocycles. The number of aryl methyl sites for hydroxylation is 1. The lowest BCUT2D eigenvalue weighted by atomic mass is 10.0. The van der Waals surface area contributed by atoms with Crippen molar-refractivity contribution in [2.45, 2.75) is 104 Å². The lowest BCUT2D eigenvalue weighted by Crippen LogP contribution is -2.40. The van der Waals surface area contributed by atoms with Gasteiger partial charge in [0.1, 0.15) is 11.4 Å². The Morgan fingerprint density at radius 1 is 1.17 bits per heavy atom. The number of nitrogens with one attached hydrogen (secondary N) is 1. The number of nitrogens with zero attached hydrogens (tertiary/aromatic N) is 3. The van der Waals surface area contributed by atoms with Crippen molar-refractivity contribution in [1.82, 2.24) is 20.4 Å². The topological polar surface area (TPSA) is 80.5 Å². The van der Waals surface area contributed by atoms with Gasteiger partial charge < -0.3 is 14.2 Å². The van der Waals surface area contributed by atoms with E-state index in [1.165, 1.54) is 44.1 Å². The van der Waals surface area contributed by atoms with E-state index in [0.717, 1.165) is 31.4 Å². The Morgan fingerprint density at radius 3 is 2.60 bits per heavy atom. The highest BCUT2D eigenvalue weighted by molar-refractivity contribution is 5.69. The van der Waals surface area contributed by atoms with Crippen LogP contribution in [0.25, 0.3) is 11.4 Å². The van der Waals surface area contributed by atoms with Crippen molar-refractivity contribution in [3.05, 3.63) is 48.1 Å². The van der Waals surface area contributed by atoms with Crippen LogP contribution in [0.3, 0.4) is 0 Å². The van der Waals surface area contributed by atoms with Crippen molar-refractivity contribution in [3.63, 3.8) is 0 Å². The van der Waals surface area contributed by atoms with Gasteiger partial charge in [0.25, 0.3) is 0 Å². The normalized spacial score (nSPS) is 15.9. The van der Waals surface area contributed by atoms with Crippen molar-refractivity contribution in [1.29, 1.82) is 0 Å². The van der Waals surface area contributed by atoms with E-state index >= 15 is 0 Å². The minimum absolute atomic E-state index is 0.144. The number of aromatic nitrogens is 2. The van der Waals surface area contributed by atoms with E-state index in [2.05, 4.69) is 58.1 Å². The summed E-state index contributed by atoms with van der Waals surface area (Å²) in [5.74, 6) is 1.75. The molecule has 1 amide bonds. The van der Waals surface area contributed by atoms with Gasteiger partial charge in [0.15, 0.2) is 0 Å². The predicted molar refractivity (Wildman–Crippen MR) is 139 cm³/mol. The van der Waals surface area contributed by atoms with Gasteiger partial charge in [-0.1, -0.05) is 75.0 Å². The maximum Gasteiger partial charge on any atom is 0.413 e. The summed E-state index contributed by atoms with van der Waals surface area (Å²) >= 11 is 0. The third-order valence-corrected chi connectivity index (χ3v) is 6.28. The van der Waals surface area contributed by atoms with Crippen LogP contribution < -0.4 is 5.32 Å². The summed E-state index contributed by atoms with van der Waals surface area (Å²) in [4.78, 5) is 18.8. The van der Waals surface area contributed by atoms with Gasteiger partial charge in [0, 0.05) is 24.6 Å². The van der Waals surface area contributed by atoms with Crippen molar-refractivity contribution in [2.24, 2.45) is 0 Å². The van der Waals surface area contributed by atoms with Gasteiger partial charge in [0.2, 0.25) is 11.7 Å². The van der Waals surface area contributed by atoms with Crippen LogP contribution in [0, 0.1) is 0 Å². The Morgan fingerprint density at radius 2 is 1.89 bits per heavy atom. The Bertz CT molecular complexity index is 946. The fraction of sp³-hybridized carbons (Fsp3) is 0.607. The second-order valence-corrected chi connectivity index (χ2v) is 10.5. The van der Waals surface area contributed by atoms with E-state index in [9.17, 15) is 4.79 Å². The molecule has 7 heteroatoms. The van der Waals surface area contributed by atoms with E-state index in [4.69, 9.17) is 9.26 Å². The molecule has 1 aliphatic rings. The molecule has 0 bridgehead atoms. The second kappa shape index (κ2) is 12.8. The van der Waals surface area contributed by atoms with E-state index in [1.807, 2.05) is 20.8 Å². The van der Waals surface area contributed by atoms with Crippen LogP contribution in [0.1, 0.15) is 90.5 Å². The molecule has 192 valence electrons.